The van der Waals surface area contributed by atoms with E-state index < -0.39 is 12.5 Å². The SMILES string of the molecule is Cc1nc2c(C)nnc(N[C@H](C)c3cccc4c3OCC4(F)F)c2cc1N1CC2CC1CO2. The normalized spacial score (nSPS) is 23.6. The highest BCUT2D eigenvalue weighted by molar-refractivity contribution is 5.93. The smallest absolute Gasteiger partial charge is 0.310 e. The number of ether oxygens (including phenoxy) is 2. The lowest BCUT2D eigenvalue weighted by atomic mass is 10.0. The molecule has 1 aromatic carbocycles. The Labute approximate surface area is 190 Å². The van der Waals surface area contributed by atoms with Crippen LogP contribution in [-0.4, -0.2) is 47.1 Å². The van der Waals surface area contributed by atoms with Gasteiger partial charge in [-0.05, 0) is 39.3 Å². The van der Waals surface area contributed by atoms with Crippen molar-refractivity contribution in [2.75, 3.05) is 30.0 Å². The van der Waals surface area contributed by atoms with Crippen LogP contribution in [0.3, 0.4) is 0 Å². The molecule has 0 aliphatic carbocycles. The van der Waals surface area contributed by atoms with Crippen LogP contribution in [0.5, 0.6) is 5.75 Å². The molecule has 2 aromatic heterocycles. The van der Waals surface area contributed by atoms with E-state index in [1.165, 1.54) is 6.07 Å². The topological polar surface area (TPSA) is 72.4 Å². The second kappa shape index (κ2) is 7.21. The molecule has 2 unspecified atom stereocenters. The number of nitrogens with zero attached hydrogens (tertiary/aromatic N) is 4. The van der Waals surface area contributed by atoms with E-state index in [1.807, 2.05) is 20.8 Å². The molecule has 3 atom stereocenters. The number of pyridine rings is 1. The first-order valence-electron chi connectivity index (χ1n) is 11.3. The highest BCUT2D eigenvalue weighted by Crippen LogP contribution is 2.45. The van der Waals surface area contributed by atoms with Crippen LogP contribution in [-0.2, 0) is 10.7 Å². The van der Waals surface area contributed by atoms with Gasteiger partial charge in [0.2, 0.25) is 0 Å². The third-order valence-electron chi connectivity index (χ3n) is 6.95. The number of hydrogen-bond acceptors (Lipinski definition) is 7. The minimum absolute atomic E-state index is 0.0700. The molecule has 9 heteroatoms. The number of hydrogen-bond donors (Lipinski definition) is 1. The molecule has 3 aliphatic rings. The molecule has 5 heterocycles. The number of fused-ring (bicyclic) bond motifs is 4. The monoisotopic (exact) mass is 453 g/mol. The summed E-state index contributed by atoms with van der Waals surface area (Å²) >= 11 is 0. The lowest BCUT2D eigenvalue weighted by Gasteiger charge is -2.30. The second-order valence-corrected chi connectivity index (χ2v) is 9.20. The Balaban J connectivity index is 1.39. The van der Waals surface area contributed by atoms with E-state index >= 15 is 0 Å². The molecule has 2 saturated heterocycles. The van der Waals surface area contributed by atoms with Gasteiger partial charge in [-0.15, -0.1) is 5.10 Å². The van der Waals surface area contributed by atoms with Gasteiger partial charge in [-0.2, -0.15) is 13.9 Å². The molecule has 2 bridgehead atoms. The fourth-order valence-electron chi connectivity index (χ4n) is 5.24. The number of morpholine rings is 1. The van der Waals surface area contributed by atoms with Crippen molar-refractivity contribution in [3.63, 3.8) is 0 Å². The van der Waals surface area contributed by atoms with Crippen molar-refractivity contribution in [3.05, 3.63) is 46.8 Å². The summed E-state index contributed by atoms with van der Waals surface area (Å²) in [4.78, 5) is 7.25. The molecule has 3 aromatic rings. The number of alkyl halides is 2. The van der Waals surface area contributed by atoms with E-state index in [4.69, 9.17) is 14.5 Å². The molecule has 0 spiro atoms. The second-order valence-electron chi connectivity index (χ2n) is 9.20. The summed E-state index contributed by atoms with van der Waals surface area (Å²) in [5, 5.41) is 12.9. The van der Waals surface area contributed by atoms with Gasteiger partial charge < -0.3 is 19.7 Å². The predicted molar refractivity (Wildman–Crippen MR) is 120 cm³/mol. The Hall–Kier alpha value is -3.07. The third kappa shape index (κ3) is 3.20. The summed E-state index contributed by atoms with van der Waals surface area (Å²) in [6.45, 7) is 6.77. The standard InChI is InChI=1S/C24H25F2N5O2/c1-12(17-5-4-6-19-22(17)33-11-24(19,25)26)28-23-18-8-20(31-9-16-7-15(31)10-32-16)13(2)27-21(18)14(3)29-30-23/h4-6,8,12,15-16H,7,9-11H2,1-3H3,(H,28,30)/t12-,15?,16?/m1/s1. The van der Waals surface area contributed by atoms with Crippen molar-refractivity contribution in [1.82, 2.24) is 15.2 Å². The number of rotatable bonds is 4. The van der Waals surface area contributed by atoms with Crippen LogP contribution in [0, 0.1) is 13.8 Å². The van der Waals surface area contributed by atoms with Crippen molar-refractivity contribution in [3.8, 4) is 5.75 Å². The quantitative estimate of drug-likeness (QED) is 0.632. The van der Waals surface area contributed by atoms with Gasteiger partial charge in [-0.25, -0.2) is 4.98 Å². The molecule has 2 fully saturated rings. The van der Waals surface area contributed by atoms with Gasteiger partial charge in [0.1, 0.15) is 5.75 Å². The zero-order chi connectivity index (χ0) is 22.9. The van der Waals surface area contributed by atoms with Gasteiger partial charge in [-0.3, -0.25) is 0 Å². The van der Waals surface area contributed by atoms with Gasteiger partial charge in [0, 0.05) is 17.5 Å². The van der Waals surface area contributed by atoms with Gasteiger partial charge in [0.15, 0.2) is 12.4 Å². The highest BCUT2D eigenvalue weighted by Gasteiger charge is 2.43. The van der Waals surface area contributed by atoms with Crippen LogP contribution >= 0.6 is 0 Å². The van der Waals surface area contributed by atoms with Gasteiger partial charge in [-0.1, -0.05) is 12.1 Å². The van der Waals surface area contributed by atoms with Gasteiger partial charge >= 0.3 is 5.92 Å². The first kappa shape index (κ1) is 20.5. The molecular weight excluding hydrogens is 428 g/mol. The Kier molecular flexibility index (Phi) is 4.49. The maximum atomic E-state index is 14.2. The van der Waals surface area contributed by atoms with Crippen LogP contribution in [0.25, 0.3) is 10.9 Å². The summed E-state index contributed by atoms with van der Waals surface area (Å²) in [5.41, 5.74) is 4.14. The fraction of sp³-hybridized carbons (Fsp3) is 0.458. The van der Waals surface area contributed by atoms with E-state index in [9.17, 15) is 8.78 Å². The van der Waals surface area contributed by atoms with Gasteiger partial charge in [0.05, 0.1) is 52.9 Å². The summed E-state index contributed by atoms with van der Waals surface area (Å²) in [5.74, 6) is -2.16. The molecule has 0 amide bonds. The minimum atomic E-state index is -2.98. The summed E-state index contributed by atoms with van der Waals surface area (Å²) in [6, 6.07) is 7.03. The summed E-state index contributed by atoms with van der Waals surface area (Å²) in [6.07, 6.45) is 1.31. The fourth-order valence-corrected chi connectivity index (χ4v) is 5.24. The zero-order valence-corrected chi connectivity index (χ0v) is 18.7. The van der Waals surface area contributed by atoms with Crippen molar-refractivity contribution in [1.29, 1.82) is 0 Å². The van der Waals surface area contributed by atoms with Crippen LogP contribution in [0.15, 0.2) is 24.3 Å². The number of nitrogens with one attached hydrogen (secondary N) is 1. The molecular formula is C24H25F2N5O2. The van der Waals surface area contributed by atoms with E-state index in [1.54, 1.807) is 12.1 Å². The molecule has 3 aliphatic heterocycles. The number of halogens is 2. The Morgan fingerprint density at radius 3 is 2.82 bits per heavy atom. The maximum Gasteiger partial charge on any atom is 0.310 e. The van der Waals surface area contributed by atoms with E-state index in [0.717, 1.165) is 47.6 Å². The van der Waals surface area contributed by atoms with Crippen molar-refractivity contribution < 1.29 is 18.3 Å². The lowest BCUT2D eigenvalue weighted by Crippen LogP contribution is -2.37. The number of para-hydroxylation sites is 1. The average molecular weight is 453 g/mol. The molecule has 0 saturated carbocycles. The Morgan fingerprint density at radius 2 is 2.06 bits per heavy atom. The molecule has 1 N–H and O–H groups in total. The number of aryl methyl sites for hydroxylation is 2. The summed E-state index contributed by atoms with van der Waals surface area (Å²) < 4.78 is 39.5. The van der Waals surface area contributed by atoms with Crippen LogP contribution in [0.2, 0.25) is 0 Å². The van der Waals surface area contributed by atoms with Gasteiger partial charge in [0.25, 0.3) is 0 Å². The molecule has 33 heavy (non-hydrogen) atoms. The number of benzene rings is 1. The zero-order valence-electron chi connectivity index (χ0n) is 18.7. The van der Waals surface area contributed by atoms with Crippen LogP contribution < -0.4 is 15.0 Å². The third-order valence-corrected chi connectivity index (χ3v) is 6.95. The lowest BCUT2D eigenvalue weighted by molar-refractivity contribution is -0.0214. The van der Waals surface area contributed by atoms with Crippen molar-refractivity contribution >= 4 is 22.4 Å². The van der Waals surface area contributed by atoms with Crippen LogP contribution in [0.4, 0.5) is 20.3 Å². The Morgan fingerprint density at radius 1 is 1.21 bits per heavy atom. The molecule has 0 radical (unpaired) electrons. The highest BCUT2D eigenvalue weighted by atomic mass is 19.3. The van der Waals surface area contributed by atoms with E-state index in [-0.39, 0.29) is 23.5 Å². The van der Waals surface area contributed by atoms with Crippen molar-refractivity contribution in [2.24, 2.45) is 0 Å². The maximum absolute atomic E-state index is 14.2. The molecule has 172 valence electrons. The van der Waals surface area contributed by atoms with Crippen molar-refractivity contribution in [2.45, 2.75) is 51.3 Å². The average Bonchev–Trinajstić information content (AvgIpc) is 3.50. The first-order valence-corrected chi connectivity index (χ1v) is 11.3. The number of aromatic nitrogens is 3. The van der Waals surface area contributed by atoms with Crippen LogP contribution in [0.1, 0.15) is 41.9 Å². The van der Waals surface area contributed by atoms with E-state index in [2.05, 4.69) is 26.5 Å². The molecule has 7 nitrogen and oxygen atoms in total. The number of anilines is 2. The predicted octanol–water partition coefficient (Wildman–Crippen LogP) is 4.28. The molecule has 6 rings (SSSR count). The largest absolute Gasteiger partial charge is 0.486 e. The Bertz CT molecular complexity index is 1270. The van der Waals surface area contributed by atoms with E-state index in [0.29, 0.717) is 17.4 Å². The first-order chi connectivity index (χ1) is 15.8. The minimum Gasteiger partial charge on any atom is -0.486 e. The summed E-state index contributed by atoms with van der Waals surface area (Å²) in [7, 11) is 0.